The van der Waals surface area contributed by atoms with Crippen LogP contribution in [0.5, 0.6) is 0 Å². The Hall–Kier alpha value is -2.59. The maximum absolute atomic E-state index is 12.2. The van der Waals surface area contributed by atoms with E-state index in [2.05, 4.69) is 16.7 Å². The number of imide groups is 1. The van der Waals surface area contributed by atoms with Gasteiger partial charge in [-0.1, -0.05) is 41.9 Å². The summed E-state index contributed by atoms with van der Waals surface area (Å²) < 4.78 is 2.27. The number of carbonyl (C=O) groups is 2. The Balaban J connectivity index is 2.08. The monoisotopic (exact) mass is 380 g/mol. The molecule has 27 heavy (non-hydrogen) atoms. The fraction of sp³-hybridized carbons (Fsp3) is 0.273. The van der Waals surface area contributed by atoms with E-state index in [0.29, 0.717) is 5.02 Å². The Morgan fingerprint density at radius 3 is 2.44 bits per heavy atom. The van der Waals surface area contributed by atoms with E-state index in [0.717, 1.165) is 39.8 Å². The smallest absolute Gasteiger partial charge is 0.226 e. The zero-order chi connectivity index (χ0) is 19.5. The number of aryl methyl sites for hydroxylation is 1. The van der Waals surface area contributed by atoms with Crippen molar-refractivity contribution >= 4 is 34.3 Å². The lowest BCUT2D eigenvalue weighted by Gasteiger charge is -2.26. The minimum Gasteiger partial charge on any atom is -0.335 e. The van der Waals surface area contributed by atoms with E-state index in [-0.39, 0.29) is 17.9 Å². The molecule has 0 spiro atoms. The lowest BCUT2D eigenvalue weighted by Crippen LogP contribution is -2.35. The molecule has 0 bridgehead atoms. The third-order valence-corrected chi connectivity index (χ3v) is 5.94. The van der Waals surface area contributed by atoms with Crippen molar-refractivity contribution in [3.63, 3.8) is 0 Å². The van der Waals surface area contributed by atoms with Crippen LogP contribution in [0.15, 0.2) is 36.4 Å². The van der Waals surface area contributed by atoms with Crippen molar-refractivity contribution in [2.24, 2.45) is 0 Å². The second-order valence-electron chi connectivity index (χ2n) is 7.16. The van der Waals surface area contributed by atoms with Gasteiger partial charge in [0.2, 0.25) is 11.8 Å². The Morgan fingerprint density at radius 2 is 1.78 bits per heavy atom. The van der Waals surface area contributed by atoms with Crippen molar-refractivity contribution < 1.29 is 9.59 Å². The molecule has 1 aliphatic heterocycles. The molecule has 2 aromatic carbocycles. The molecule has 0 aliphatic carbocycles. The maximum atomic E-state index is 12.2. The number of carbonyl (C=O) groups excluding carboxylic acids is 2. The summed E-state index contributed by atoms with van der Waals surface area (Å²) in [6, 6.07) is 11.8. The van der Waals surface area contributed by atoms with Crippen LogP contribution in [0.4, 0.5) is 0 Å². The Bertz CT molecular complexity index is 1100. The first-order chi connectivity index (χ1) is 12.8. The lowest BCUT2D eigenvalue weighted by molar-refractivity contribution is -0.144. The molecule has 0 radical (unpaired) electrons. The van der Waals surface area contributed by atoms with Crippen LogP contribution in [0.1, 0.15) is 43.5 Å². The van der Waals surface area contributed by atoms with Crippen LogP contribution in [0.3, 0.4) is 0 Å². The van der Waals surface area contributed by atoms with Crippen LogP contribution in [0.2, 0.25) is 5.02 Å². The minimum atomic E-state index is -0.370. The van der Waals surface area contributed by atoms with Crippen LogP contribution in [0.25, 0.3) is 22.2 Å². The molecule has 1 aliphatic rings. The third-order valence-electron chi connectivity index (χ3n) is 5.53. The SMILES string of the molecule is CC(=O)N(C(C)=O)C(C)c1c2n(c3c(C)c(Cl)ccc13)Cc1ccccc1-2. The van der Waals surface area contributed by atoms with Crippen molar-refractivity contribution in [3.8, 4) is 11.3 Å². The van der Waals surface area contributed by atoms with E-state index in [4.69, 9.17) is 11.6 Å². The van der Waals surface area contributed by atoms with Crippen molar-refractivity contribution in [1.29, 1.82) is 0 Å². The van der Waals surface area contributed by atoms with Crippen LogP contribution in [-0.4, -0.2) is 21.3 Å². The van der Waals surface area contributed by atoms with Crippen molar-refractivity contribution in [1.82, 2.24) is 9.47 Å². The summed E-state index contributed by atoms with van der Waals surface area (Å²) in [6.45, 7) is 7.57. The number of hydrogen-bond acceptors (Lipinski definition) is 2. The third kappa shape index (κ3) is 2.51. The molecule has 0 N–H and O–H groups in total. The molecule has 2 amide bonds. The summed E-state index contributed by atoms with van der Waals surface area (Å²) in [4.78, 5) is 25.7. The van der Waals surface area contributed by atoms with Gasteiger partial charge in [0.05, 0.1) is 17.3 Å². The van der Waals surface area contributed by atoms with Gasteiger partial charge in [-0.25, -0.2) is 0 Å². The van der Waals surface area contributed by atoms with Gasteiger partial charge in [0.15, 0.2) is 0 Å². The first-order valence-corrected chi connectivity index (χ1v) is 9.40. The molecule has 1 atom stereocenters. The minimum absolute atomic E-state index is 0.250. The summed E-state index contributed by atoms with van der Waals surface area (Å²) in [5, 5.41) is 1.76. The van der Waals surface area contributed by atoms with Crippen LogP contribution < -0.4 is 0 Å². The molecule has 4 rings (SSSR count). The number of fused-ring (bicyclic) bond motifs is 5. The zero-order valence-electron chi connectivity index (χ0n) is 15.8. The predicted octanol–water partition coefficient (Wildman–Crippen LogP) is 5.09. The molecular weight excluding hydrogens is 360 g/mol. The molecule has 0 saturated heterocycles. The average Bonchev–Trinajstić information content (AvgIpc) is 3.11. The van der Waals surface area contributed by atoms with E-state index in [9.17, 15) is 9.59 Å². The van der Waals surface area contributed by atoms with Crippen LogP contribution in [-0.2, 0) is 16.1 Å². The Morgan fingerprint density at radius 1 is 1.11 bits per heavy atom. The number of aromatic nitrogens is 1. The number of nitrogens with zero attached hydrogens (tertiary/aromatic N) is 2. The van der Waals surface area contributed by atoms with Crippen LogP contribution in [0, 0.1) is 6.92 Å². The summed E-state index contributed by atoms with van der Waals surface area (Å²) in [7, 11) is 0. The van der Waals surface area contributed by atoms with Gasteiger partial charge in [0.25, 0.3) is 0 Å². The number of amides is 2. The van der Waals surface area contributed by atoms with Gasteiger partial charge in [0.1, 0.15) is 0 Å². The molecule has 0 fully saturated rings. The Labute approximate surface area is 163 Å². The second kappa shape index (κ2) is 6.24. The Kier molecular flexibility index (Phi) is 4.11. The second-order valence-corrected chi connectivity index (χ2v) is 7.57. The summed E-state index contributed by atoms with van der Waals surface area (Å²) in [5.74, 6) is -0.500. The molecule has 1 aromatic heterocycles. The summed E-state index contributed by atoms with van der Waals surface area (Å²) in [6.07, 6.45) is 0. The summed E-state index contributed by atoms with van der Waals surface area (Å²) >= 11 is 6.42. The van der Waals surface area contributed by atoms with Gasteiger partial charge < -0.3 is 4.57 Å². The average molecular weight is 381 g/mol. The van der Waals surface area contributed by atoms with Gasteiger partial charge >= 0.3 is 0 Å². The highest BCUT2D eigenvalue weighted by atomic mass is 35.5. The van der Waals surface area contributed by atoms with E-state index in [1.54, 1.807) is 0 Å². The number of rotatable bonds is 2. The summed E-state index contributed by atoms with van der Waals surface area (Å²) in [5.41, 5.74) is 6.55. The largest absolute Gasteiger partial charge is 0.335 e. The van der Waals surface area contributed by atoms with Crippen LogP contribution >= 0.6 is 11.6 Å². The molecule has 5 heteroatoms. The number of hydrogen-bond donors (Lipinski definition) is 0. The fourth-order valence-electron chi connectivity index (χ4n) is 4.45. The van der Waals surface area contributed by atoms with Gasteiger partial charge in [-0.3, -0.25) is 14.5 Å². The van der Waals surface area contributed by atoms with Crippen molar-refractivity contribution in [2.75, 3.05) is 0 Å². The molecular formula is C22H21ClN2O2. The molecule has 0 saturated carbocycles. The highest BCUT2D eigenvalue weighted by molar-refractivity contribution is 6.32. The predicted molar refractivity (Wildman–Crippen MR) is 108 cm³/mol. The molecule has 4 nitrogen and oxygen atoms in total. The normalized spacial score (nSPS) is 13.4. The van der Waals surface area contributed by atoms with Crippen molar-refractivity contribution in [2.45, 2.75) is 40.3 Å². The van der Waals surface area contributed by atoms with Gasteiger partial charge in [-0.2, -0.15) is 0 Å². The molecule has 2 heterocycles. The lowest BCUT2D eigenvalue weighted by atomic mass is 9.96. The quantitative estimate of drug-likeness (QED) is 0.486. The van der Waals surface area contributed by atoms with Gasteiger partial charge in [-0.15, -0.1) is 0 Å². The van der Waals surface area contributed by atoms with E-state index < -0.39 is 0 Å². The molecule has 1 unspecified atom stereocenters. The zero-order valence-corrected chi connectivity index (χ0v) is 16.6. The maximum Gasteiger partial charge on any atom is 0.226 e. The number of halogens is 1. The van der Waals surface area contributed by atoms with E-state index in [1.807, 2.05) is 38.1 Å². The first-order valence-electron chi connectivity index (χ1n) is 9.02. The standard InChI is InChI=1S/C22H21ClN2O2/c1-12-19(23)10-9-18-20(13(2)25(14(3)26)15(4)27)22-17-8-6-5-7-16(17)11-24(22)21(12)18/h5-10,13H,11H2,1-4H3. The molecule has 3 aromatic rings. The highest BCUT2D eigenvalue weighted by Crippen LogP contribution is 2.46. The first kappa shape index (κ1) is 17.8. The van der Waals surface area contributed by atoms with E-state index in [1.165, 1.54) is 24.3 Å². The van der Waals surface area contributed by atoms with Gasteiger partial charge in [0, 0.05) is 41.9 Å². The van der Waals surface area contributed by atoms with Crippen molar-refractivity contribution in [3.05, 3.63) is 58.1 Å². The van der Waals surface area contributed by atoms with E-state index >= 15 is 0 Å². The van der Waals surface area contributed by atoms with Gasteiger partial charge in [-0.05, 0) is 31.0 Å². The number of benzene rings is 2. The highest BCUT2D eigenvalue weighted by Gasteiger charge is 2.33. The fourth-order valence-corrected chi connectivity index (χ4v) is 4.61. The molecule has 138 valence electrons. The topological polar surface area (TPSA) is 42.3 Å².